The van der Waals surface area contributed by atoms with Crippen LogP contribution in [0.25, 0.3) is 10.2 Å². The second kappa shape index (κ2) is 4.58. The van der Waals surface area contributed by atoms with Gasteiger partial charge in [0.05, 0.1) is 5.39 Å². The highest BCUT2D eigenvalue weighted by Crippen LogP contribution is 2.24. The summed E-state index contributed by atoms with van der Waals surface area (Å²) in [6.45, 7) is 4.35. The van der Waals surface area contributed by atoms with Gasteiger partial charge in [-0.1, -0.05) is 0 Å². The van der Waals surface area contributed by atoms with E-state index < -0.39 is 0 Å². The van der Waals surface area contributed by atoms with Crippen LogP contribution in [0.1, 0.15) is 17.5 Å². The van der Waals surface area contributed by atoms with Crippen LogP contribution in [0.2, 0.25) is 0 Å². The first-order valence-electron chi connectivity index (χ1n) is 5.97. The molecule has 0 fully saturated rings. The summed E-state index contributed by atoms with van der Waals surface area (Å²) in [5.41, 5.74) is 0. The summed E-state index contributed by atoms with van der Waals surface area (Å²) in [5.74, 6) is 3.24. The maximum absolute atomic E-state index is 4.57. The van der Waals surface area contributed by atoms with E-state index in [1.54, 1.807) is 11.3 Å². The predicted molar refractivity (Wildman–Crippen MR) is 75.6 cm³/mol. The first-order chi connectivity index (χ1) is 9.17. The molecule has 3 aromatic heterocycles. The fourth-order valence-electron chi connectivity index (χ4n) is 2.01. The number of aromatic nitrogens is 5. The van der Waals surface area contributed by atoms with Crippen LogP contribution in [0, 0.1) is 13.8 Å². The number of rotatable bonds is 3. The number of fused-ring (bicyclic) bond motifs is 1. The Kier molecular flexibility index (Phi) is 2.90. The summed E-state index contributed by atoms with van der Waals surface area (Å²) in [5, 5.41) is 10.5. The van der Waals surface area contributed by atoms with Crippen LogP contribution in [0.4, 0.5) is 5.82 Å². The van der Waals surface area contributed by atoms with E-state index in [-0.39, 0.29) is 0 Å². The Balaban J connectivity index is 2.03. The van der Waals surface area contributed by atoms with Gasteiger partial charge in [-0.2, -0.15) is 5.10 Å². The first-order valence-corrected chi connectivity index (χ1v) is 6.85. The highest BCUT2D eigenvalue weighted by Gasteiger charge is 2.10. The molecule has 0 unspecified atom stereocenters. The molecule has 1 N–H and O–H groups in total. The van der Waals surface area contributed by atoms with Crippen LogP contribution < -0.4 is 5.32 Å². The molecular formula is C12H14N6S. The van der Waals surface area contributed by atoms with E-state index in [4.69, 9.17) is 0 Å². The molecule has 0 atom stereocenters. The molecule has 0 amide bonds. The lowest BCUT2D eigenvalue weighted by Gasteiger charge is -2.06. The van der Waals surface area contributed by atoms with Gasteiger partial charge >= 0.3 is 0 Å². The van der Waals surface area contributed by atoms with Crippen LogP contribution in [-0.4, -0.2) is 31.8 Å². The summed E-state index contributed by atoms with van der Waals surface area (Å²) in [4.78, 5) is 14.4. The molecular weight excluding hydrogens is 260 g/mol. The molecule has 0 radical (unpaired) electrons. The van der Waals surface area contributed by atoms with Crippen molar-refractivity contribution >= 4 is 27.4 Å². The molecule has 0 spiro atoms. The van der Waals surface area contributed by atoms with Gasteiger partial charge in [-0.3, -0.25) is 0 Å². The third-order valence-corrected chi connectivity index (χ3v) is 3.67. The van der Waals surface area contributed by atoms with Gasteiger partial charge in [-0.15, -0.1) is 11.3 Å². The van der Waals surface area contributed by atoms with Crippen molar-refractivity contribution in [3.8, 4) is 0 Å². The Morgan fingerprint density at radius 3 is 2.79 bits per heavy atom. The van der Waals surface area contributed by atoms with Crippen molar-refractivity contribution < 1.29 is 0 Å². The zero-order valence-electron chi connectivity index (χ0n) is 11.0. The summed E-state index contributed by atoms with van der Waals surface area (Å²) in [6.07, 6.45) is 0. The highest BCUT2D eigenvalue weighted by atomic mass is 32.1. The largest absolute Gasteiger partial charge is 0.372 e. The van der Waals surface area contributed by atoms with Gasteiger partial charge in [0.2, 0.25) is 0 Å². The second-order valence-corrected chi connectivity index (χ2v) is 5.14. The molecule has 0 bridgehead atoms. The minimum absolute atomic E-state index is 0.537. The van der Waals surface area contributed by atoms with Crippen molar-refractivity contribution in [3.63, 3.8) is 0 Å². The van der Waals surface area contributed by atoms with Crippen molar-refractivity contribution in [1.29, 1.82) is 0 Å². The van der Waals surface area contributed by atoms with Gasteiger partial charge in [-0.05, 0) is 25.3 Å². The van der Waals surface area contributed by atoms with Gasteiger partial charge in [-0.25, -0.2) is 19.6 Å². The van der Waals surface area contributed by atoms with Crippen molar-refractivity contribution in [2.24, 2.45) is 0 Å². The Labute approximate surface area is 114 Å². The van der Waals surface area contributed by atoms with Crippen molar-refractivity contribution in [2.75, 3.05) is 12.4 Å². The number of thiophene rings is 1. The molecule has 0 saturated carbocycles. The number of hydrogen-bond acceptors (Lipinski definition) is 6. The minimum Gasteiger partial charge on any atom is -0.372 e. The van der Waals surface area contributed by atoms with E-state index in [0.717, 1.165) is 33.5 Å². The van der Waals surface area contributed by atoms with Gasteiger partial charge in [0, 0.05) is 7.05 Å². The average molecular weight is 274 g/mol. The molecule has 0 aliphatic rings. The maximum Gasteiger partial charge on any atom is 0.153 e. The van der Waals surface area contributed by atoms with E-state index in [9.17, 15) is 0 Å². The van der Waals surface area contributed by atoms with Gasteiger partial charge < -0.3 is 5.32 Å². The lowest BCUT2D eigenvalue weighted by atomic mass is 10.3. The standard InChI is InChI=1S/C12H14N6S/c1-7-14-8(2)18(17-7)6-10-15-11(13-3)9-4-5-19-12(9)16-10/h4-5H,6H2,1-3H3,(H,13,15,16). The van der Waals surface area contributed by atoms with Gasteiger partial charge in [0.1, 0.15) is 28.8 Å². The zero-order chi connectivity index (χ0) is 13.4. The summed E-state index contributed by atoms with van der Waals surface area (Å²) < 4.78 is 1.82. The number of nitrogens with zero attached hydrogens (tertiary/aromatic N) is 5. The van der Waals surface area contributed by atoms with Crippen LogP contribution in [0.15, 0.2) is 11.4 Å². The molecule has 3 rings (SSSR count). The molecule has 3 aromatic rings. The van der Waals surface area contributed by atoms with Crippen molar-refractivity contribution in [2.45, 2.75) is 20.4 Å². The molecule has 0 saturated heterocycles. The number of anilines is 1. The SMILES string of the molecule is CNc1nc(Cn2nc(C)nc2C)nc2sccc12. The third kappa shape index (κ3) is 2.17. The zero-order valence-corrected chi connectivity index (χ0v) is 11.8. The summed E-state index contributed by atoms with van der Waals surface area (Å²) in [7, 11) is 1.87. The van der Waals surface area contributed by atoms with Crippen LogP contribution in [0.5, 0.6) is 0 Å². The summed E-state index contributed by atoms with van der Waals surface area (Å²) in [6, 6.07) is 2.03. The highest BCUT2D eigenvalue weighted by molar-refractivity contribution is 7.16. The van der Waals surface area contributed by atoms with E-state index >= 15 is 0 Å². The lowest BCUT2D eigenvalue weighted by Crippen LogP contribution is -2.09. The number of aryl methyl sites for hydroxylation is 2. The topological polar surface area (TPSA) is 68.5 Å². The normalized spacial score (nSPS) is 11.1. The summed E-state index contributed by atoms with van der Waals surface area (Å²) >= 11 is 1.61. The van der Waals surface area contributed by atoms with Crippen LogP contribution >= 0.6 is 11.3 Å². The van der Waals surface area contributed by atoms with E-state index in [2.05, 4.69) is 25.4 Å². The van der Waals surface area contributed by atoms with Crippen molar-refractivity contribution in [1.82, 2.24) is 24.7 Å². The molecule has 98 valence electrons. The first kappa shape index (κ1) is 12.0. The minimum atomic E-state index is 0.537. The Bertz CT molecular complexity index is 729. The molecule has 6 nitrogen and oxygen atoms in total. The number of hydrogen-bond donors (Lipinski definition) is 1. The predicted octanol–water partition coefficient (Wildman–Crippen LogP) is 1.99. The van der Waals surface area contributed by atoms with Crippen LogP contribution in [0.3, 0.4) is 0 Å². The maximum atomic E-state index is 4.57. The Hall–Kier alpha value is -2.02. The molecule has 19 heavy (non-hydrogen) atoms. The van der Waals surface area contributed by atoms with Crippen LogP contribution in [-0.2, 0) is 6.54 Å². The van der Waals surface area contributed by atoms with Gasteiger partial charge in [0.25, 0.3) is 0 Å². The molecule has 0 aromatic carbocycles. The molecule has 3 heterocycles. The number of nitrogens with one attached hydrogen (secondary N) is 1. The lowest BCUT2D eigenvalue weighted by molar-refractivity contribution is 0.632. The fraction of sp³-hybridized carbons (Fsp3) is 0.333. The molecule has 7 heteroatoms. The third-order valence-electron chi connectivity index (χ3n) is 2.86. The van der Waals surface area contributed by atoms with Gasteiger partial charge in [0.15, 0.2) is 5.82 Å². The average Bonchev–Trinajstić information content (AvgIpc) is 2.95. The quantitative estimate of drug-likeness (QED) is 0.791. The fourth-order valence-corrected chi connectivity index (χ4v) is 2.79. The Morgan fingerprint density at radius 2 is 2.11 bits per heavy atom. The molecule has 0 aliphatic carbocycles. The van der Waals surface area contributed by atoms with Crippen molar-refractivity contribution in [3.05, 3.63) is 28.9 Å². The monoisotopic (exact) mass is 274 g/mol. The second-order valence-electron chi connectivity index (χ2n) is 4.24. The van der Waals surface area contributed by atoms with E-state index in [1.165, 1.54) is 0 Å². The smallest absolute Gasteiger partial charge is 0.153 e. The molecule has 0 aliphatic heterocycles. The Morgan fingerprint density at radius 1 is 1.26 bits per heavy atom. The van der Waals surface area contributed by atoms with E-state index in [1.807, 2.05) is 37.0 Å². The van der Waals surface area contributed by atoms with E-state index in [0.29, 0.717) is 6.54 Å².